The number of benzene rings is 3. The van der Waals surface area contributed by atoms with Gasteiger partial charge in [-0.3, -0.25) is 4.79 Å². The van der Waals surface area contributed by atoms with Crippen molar-refractivity contribution in [3.05, 3.63) is 107 Å². The fourth-order valence-corrected chi connectivity index (χ4v) is 4.12. The minimum absolute atomic E-state index is 0.243. The summed E-state index contributed by atoms with van der Waals surface area (Å²) < 4.78 is 7.18. The summed E-state index contributed by atoms with van der Waals surface area (Å²) in [6, 6.07) is 17.4. The van der Waals surface area contributed by atoms with Gasteiger partial charge in [0.1, 0.15) is 6.61 Å². The van der Waals surface area contributed by atoms with Crippen LogP contribution in [0.15, 0.2) is 79.8 Å². The molecule has 0 spiro atoms. The molecular formula is C22H14BrCl2N3O3. The number of hydrogen-bond donors (Lipinski definition) is 1. The predicted molar refractivity (Wildman–Crippen MR) is 127 cm³/mol. The smallest absolute Gasteiger partial charge is 0.349 e. The van der Waals surface area contributed by atoms with Crippen LogP contribution in [0.4, 0.5) is 0 Å². The SMILES string of the molecule is O=c1[nH]c2ccccc2c(=O)n1N=Cc1cc(Cl)c(OCc2ccccc2Cl)c(Br)c1. The molecule has 4 aromatic rings. The highest BCUT2D eigenvalue weighted by Crippen LogP contribution is 2.35. The highest BCUT2D eigenvalue weighted by Gasteiger charge is 2.11. The lowest BCUT2D eigenvalue weighted by molar-refractivity contribution is 0.304. The van der Waals surface area contributed by atoms with Gasteiger partial charge in [-0.2, -0.15) is 5.10 Å². The maximum Gasteiger partial charge on any atom is 0.349 e. The quantitative estimate of drug-likeness (QED) is 0.368. The zero-order valence-electron chi connectivity index (χ0n) is 15.8. The van der Waals surface area contributed by atoms with Gasteiger partial charge in [0.25, 0.3) is 5.56 Å². The summed E-state index contributed by atoms with van der Waals surface area (Å²) in [4.78, 5) is 27.4. The lowest BCUT2D eigenvalue weighted by Crippen LogP contribution is -2.32. The summed E-state index contributed by atoms with van der Waals surface area (Å²) in [5, 5.41) is 5.34. The Morgan fingerprint density at radius 3 is 2.55 bits per heavy atom. The number of para-hydroxylation sites is 1. The van der Waals surface area contributed by atoms with Crippen LogP contribution in [-0.4, -0.2) is 15.9 Å². The molecule has 0 fully saturated rings. The molecule has 0 aliphatic carbocycles. The molecule has 3 aromatic carbocycles. The van der Waals surface area contributed by atoms with Crippen LogP contribution in [0.25, 0.3) is 10.9 Å². The normalized spacial score (nSPS) is 11.3. The minimum Gasteiger partial charge on any atom is -0.486 e. The number of nitrogens with one attached hydrogen (secondary N) is 1. The van der Waals surface area contributed by atoms with Crippen LogP contribution in [0, 0.1) is 0 Å². The van der Waals surface area contributed by atoms with Crippen molar-refractivity contribution in [3.8, 4) is 5.75 Å². The predicted octanol–water partition coefficient (Wildman–Crippen LogP) is 5.22. The molecule has 1 heterocycles. The molecule has 0 saturated carbocycles. The number of ether oxygens (including phenoxy) is 1. The van der Waals surface area contributed by atoms with E-state index in [1.165, 1.54) is 6.21 Å². The van der Waals surface area contributed by atoms with E-state index in [0.29, 0.717) is 36.7 Å². The van der Waals surface area contributed by atoms with Gasteiger partial charge in [-0.25, -0.2) is 4.79 Å². The number of hydrogen-bond acceptors (Lipinski definition) is 4. The number of nitrogens with zero attached hydrogens (tertiary/aromatic N) is 2. The number of fused-ring (bicyclic) bond motifs is 1. The first-order chi connectivity index (χ1) is 14.9. The van der Waals surface area contributed by atoms with E-state index in [4.69, 9.17) is 27.9 Å². The Balaban J connectivity index is 1.61. The summed E-state index contributed by atoms with van der Waals surface area (Å²) in [5.41, 5.74) is 0.703. The van der Waals surface area contributed by atoms with Crippen molar-refractivity contribution in [2.75, 3.05) is 0 Å². The van der Waals surface area contributed by atoms with Gasteiger partial charge in [0, 0.05) is 10.6 Å². The summed E-state index contributed by atoms with van der Waals surface area (Å²) >= 11 is 16.0. The molecular weight excluding hydrogens is 505 g/mol. The Kier molecular flexibility index (Phi) is 6.27. The third-order valence-electron chi connectivity index (χ3n) is 4.46. The van der Waals surface area contributed by atoms with E-state index in [9.17, 15) is 9.59 Å². The maximum atomic E-state index is 12.6. The van der Waals surface area contributed by atoms with E-state index in [2.05, 4.69) is 26.0 Å². The summed E-state index contributed by atoms with van der Waals surface area (Å²) in [7, 11) is 0. The standard InChI is InChI=1S/C22H14BrCl2N3O3/c23-16-9-13(10-18(25)20(16)31-12-14-5-1-3-7-17(14)24)11-26-28-21(29)15-6-2-4-8-19(15)27-22(28)30/h1-11H,12H2,(H,27,30). The van der Waals surface area contributed by atoms with Crippen molar-refractivity contribution < 1.29 is 4.74 Å². The number of H-pyrrole nitrogens is 1. The molecule has 156 valence electrons. The number of aromatic amines is 1. The minimum atomic E-state index is -0.634. The molecule has 0 unspecified atom stereocenters. The van der Waals surface area contributed by atoms with Gasteiger partial charge in [-0.1, -0.05) is 53.5 Å². The van der Waals surface area contributed by atoms with Crippen LogP contribution in [-0.2, 0) is 6.61 Å². The first-order valence-electron chi connectivity index (χ1n) is 9.08. The lowest BCUT2D eigenvalue weighted by atomic mass is 10.2. The summed E-state index contributed by atoms with van der Waals surface area (Å²) in [6.45, 7) is 0.243. The van der Waals surface area contributed by atoms with Gasteiger partial charge < -0.3 is 9.72 Å². The van der Waals surface area contributed by atoms with Crippen LogP contribution >= 0.6 is 39.1 Å². The molecule has 1 aromatic heterocycles. The molecule has 0 radical (unpaired) electrons. The molecule has 0 bridgehead atoms. The average molecular weight is 519 g/mol. The topological polar surface area (TPSA) is 76.5 Å². The molecule has 9 heteroatoms. The number of aromatic nitrogens is 2. The molecule has 0 atom stereocenters. The van der Waals surface area contributed by atoms with E-state index in [0.717, 1.165) is 10.2 Å². The third kappa shape index (κ3) is 4.58. The Hall–Kier alpha value is -2.87. The number of halogens is 3. The third-order valence-corrected chi connectivity index (χ3v) is 5.70. The fraction of sp³-hybridized carbons (Fsp3) is 0.0455. The Morgan fingerprint density at radius 2 is 1.77 bits per heavy atom. The zero-order chi connectivity index (χ0) is 22.0. The van der Waals surface area contributed by atoms with Crippen LogP contribution < -0.4 is 16.0 Å². The van der Waals surface area contributed by atoms with Gasteiger partial charge in [0.2, 0.25) is 0 Å². The summed E-state index contributed by atoms with van der Waals surface area (Å²) in [5.74, 6) is 0.444. The Bertz CT molecular complexity index is 1410. The van der Waals surface area contributed by atoms with E-state index in [1.807, 2.05) is 18.2 Å². The van der Waals surface area contributed by atoms with Crippen LogP contribution in [0.5, 0.6) is 5.75 Å². The largest absolute Gasteiger partial charge is 0.486 e. The average Bonchev–Trinajstić information content (AvgIpc) is 2.74. The number of rotatable bonds is 5. The van der Waals surface area contributed by atoms with Gasteiger partial charge in [0.15, 0.2) is 5.75 Å². The molecule has 0 aliphatic rings. The van der Waals surface area contributed by atoms with Gasteiger partial charge >= 0.3 is 5.69 Å². The molecule has 0 saturated heterocycles. The monoisotopic (exact) mass is 517 g/mol. The second kappa shape index (κ2) is 9.09. The van der Waals surface area contributed by atoms with Crippen molar-refractivity contribution in [1.29, 1.82) is 0 Å². The van der Waals surface area contributed by atoms with E-state index in [-0.39, 0.29) is 6.61 Å². The first-order valence-corrected chi connectivity index (χ1v) is 10.6. The van der Waals surface area contributed by atoms with E-state index in [1.54, 1.807) is 42.5 Å². The molecule has 1 N–H and O–H groups in total. The zero-order valence-corrected chi connectivity index (χ0v) is 18.9. The molecule has 0 aliphatic heterocycles. The molecule has 0 amide bonds. The highest BCUT2D eigenvalue weighted by molar-refractivity contribution is 9.10. The van der Waals surface area contributed by atoms with Crippen LogP contribution in [0.3, 0.4) is 0 Å². The highest BCUT2D eigenvalue weighted by atomic mass is 79.9. The second-order valence-corrected chi connectivity index (χ2v) is 8.20. The molecule has 6 nitrogen and oxygen atoms in total. The van der Waals surface area contributed by atoms with Crippen molar-refractivity contribution in [1.82, 2.24) is 9.66 Å². The second-order valence-electron chi connectivity index (χ2n) is 6.53. The first kappa shape index (κ1) is 21.4. The lowest BCUT2D eigenvalue weighted by Gasteiger charge is -2.12. The van der Waals surface area contributed by atoms with Crippen molar-refractivity contribution in [3.63, 3.8) is 0 Å². The van der Waals surface area contributed by atoms with E-state index >= 15 is 0 Å². The van der Waals surface area contributed by atoms with E-state index < -0.39 is 11.2 Å². The molecule has 31 heavy (non-hydrogen) atoms. The Morgan fingerprint density at radius 1 is 1.03 bits per heavy atom. The van der Waals surface area contributed by atoms with Gasteiger partial charge in [-0.15, -0.1) is 4.68 Å². The van der Waals surface area contributed by atoms with Crippen molar-refractivity contribution in [2.24, 2.45) is 5.10 Å². The molecule has 4 rings (SSSR count). The van der Waals surface area contributed by atoms with Crippen molar-refractivity contribution >= 4 is 56.2 Å². The van der Waals surface area contributed by atoms with Crippen LogP contribution in [0.1, 0.15) is 11.1 Å². The summed E-state index contributed by atoms with van der Waals surface area (Å²) in [6.07, 6.45) is 1.37. The van der Waals surface area contributed by atoms with Crippen LogP contribution in [0.2, 0.25) is 10.0 Å². The fourth-order valence-electron chi connectivity index (χ4n) is 2.94. The van der Waals surface area contributed by atoms with Gasteiger partial charge in [-0.05, 0) is 51.8 Å². The van der Waals surface area contributed by atoms with Gasteiger partial charge in [0.05, 0.1) is 26.6 Å². The van der Waals surface area contributed by atoms with Crippen molar-refractivity contribution in [2.45, 2.75) is 6.61 Å². The maximum absolute atomic E-state index is 12.6. The Labute approximate surface area is 194 Å².